The molecule has 0 saturated carbocycles. The highest BCUT2D eigenvalue weighted by Gasteiger charge is 2.30. The van der Waals surface area contributed by atoms with Crippen molar-refractivity contribution in [3.63, 3.8) is 0 Å². The van der Waals surface area contributed by atoms with Crippen molar-refractivity contribution in [1.82, 2.24) is 19.5 Å². The summed E-state index contributed by atoms with van der Waals surface area (Å²) in [6, 6.07) is 4.42. The lowest BCUT2D eigenvalue weighted by molar-refractivity contribution is -0.137. The summed E-state index contributed by atoms with van der Waals surface area (Å²) in [4.78, 5) is 21.8. The van der Waals surface area contributed by atoms with E-state index in [0.717, 1.165) is 12.1 Å². The number of fused-ring (bicyclic) bond motifs is 1. The molecule has 0 radical (unpaired) electrons. The molecule has 0 aliphatic heterocycles. The van der Waals surface area contributed by atoms with Crippen LogP contribution in [0, 0.1) is 0 Å². The Morgan fingerprint density at radius 3 is 2.48 bits per heavy atom. The first-order chi connectivity index (χ1) is 9.86. The number of aromatic nitrogens is 4. The summed E-state index contributed by atoms with van der Waals surface area (Å²) in [6.07, 6.45) is -3.11. The maximum atomic E-state index is 12.5. The Bertz CT molecular complexity index is 863. The molecule has 0 aliphatic carbocycles. The van der Waals surface area contributed by atoms with Gasteiger partial charge in [-0.2, -0.15) is 18.2 Å². The fraction of sp³-hybridized carbons (Fsp3) is 0.0833. The number of nitrogens with two attached hydrogens (primary N) is 1. The first kappa shape index (κ1) is 13.2. The van der Waals surface area contributed by atoms with Gasteiger partial charge in [0.15, 0.2) is 11.2 Å². The SMILES string of the molecule is Nc1nc2c(ncn2-c2ccc(C(F)(F)F)cc2)c(=O)[nH]1. The Morgan fingerprint density at radius 1 is 1.19 bits per heavy atom. The number of halogens is 3. The van der Waals surface area contributed by atoms with E-state index in [1.54, 1.807) is 0 Å². The zero-order valence-corrected chi connectivity index (χ0v) is 10.3. The maximum absolute atomic E-state index is 12.5. The average Bonchev–Trinajstić information content (AvgIpc) is 2.82. The van der Waals surface area contributed by atoms with Gasteiger partial charge in [0, 0.05) is 5.69 Å². The number of hydrogen-bond donors (Lipinski definition) is 2. The summed E-state index contributed by atoms with van der Waals surface area (Å²) >= 11 is 0. The second-order valence-corrected chi connectivity index (χ2v) is 4.28. The minimum absolute atomic E-state index is 0.0593. The molecule has 3 aromatic rings. The normalized spacial score (nSPS) is 12.0. The van der Waals surface area contributed by atoms with E-state index in [-0.39, 0.29) is 17.1 Å². The molecule has 0 spiro atoms. The van der Waals surface area contributed by atoms with E-state index in [1.165, 1.54) is 23.0 Å². The first-order valence-corrected chi connectivity index (χ1v) is 5.77. The monoisotopic (exact) mass is 295 g/mol. The molecule has 0 bridgehead atoms. The van der Waals surface area contributed by atoms with E-state index < -0.39 is 17.3 Å². The summed E-state index contributed by atoms with van der Waals surface area (Å²) in [6.45, 7) is 0. The second-order valence-electron chi connectivity index (χ2n) is 4.28. The molecule has 21 heavy (non-hydrogen) atoms. The summed E-state index contributed by atoms with van der Waals surface area (Å²) in [7, 11) is 0. The van der Waals surface area contributed by atoms with Crippen molar-refractivity contribution in [3.8, 4) is 5.69 Å². The molecule has 0 saturated heterocycles. The molecule has 0 amide bonds. The number of nitrogen functional groups attached to an aromatic ring is 1. The van der Waals surface area contributed by atoms with Gasteiger partial charge >= 0.3 is 6.18 Å². The van der Waals surface area contributed by atoms with Gasteiger partial charge in [-0.3, -0.25) is 14.3 Å². The van der Waals surface area contributed by atoms with Gasteiger partial charge in [-0.1, -0.05) is 0 Å². The van der Waals surface area contributed by atoms with E-state index in [4.69, 9.17) is 5.73 Å². The lowest BCUT2D eigenvalue weighted by Gasteiger charge is -2.08. The zero-order chi connectivity index (χ0) is 15.2. The minimum atomic E-state index is -4.41. The Labute approximate surface area is 115 Å². The minimum Gasteiger partial charge on any atom is -0.369 e. The Balaban J connectivity index is 2.15. The van der Waals surface area contributed by atoms with E-state index >= 15 is 0 Å². The lowest BCUT2D eigenvalue weighted by Crippen LogP contribution is -2.12. The van der Waals surface area contributed by atoms with Crippen molar-refractivity contribution in [1.29, 1.82) is 0 Å². The highest BCUT2D eigenvalue weighted by molar-refractivity contribution is 5.72. The van der Waals surface area contributed by atoms with Crippen LogP contribution in [0.15, 0.2) is 35.4 Å². The molecule has 0 aliphatic rings. The molecule has 3 N–H and O–H groups in total. The third-order valence-electron chi connectivity index (χ3n) is 2.90. The van der Waals surface area contributed by atoms with Crippen LogP contribution in [0.3, 0.4) is 0 Å². The molecule has 0 atom stereocenters. The standard InChI is InChI=1S/C12H8F3N5O/c13-12(14,15)6-1-3-7(4-2-6)20-5-17-8-9(20)18-11(16)19-10(8)21/h1-5H,(H3,16,18,19,21). The van der Waals surface area contributed by atoms with Crippen LogP contribution in [0.25, 0.3) is 16.9 Å². The predicted molar refractivity (Wildman–Crippen MR) is 68.9 cm³/mol. The average molecular weight is 295 g/mol. The highest BCUT2D eigenvalue weighted by atomic mass is 19.4. The number of rotatable bonds is 1. The Morgan fingerprint density at radius 2 is 1.86 bits per heavy atom. The summed E-state index contributed by atoms with van der Waals surface area (Å²) in [5, 5.41) is 0. The summed E-state index contributed by atoms with van der Waals surface area (Å²) < 4.78 is 39.0. The molecule has 1 aromatic carbocycles. The van der Waals surface area contributed by atoms with Crippen LogP contribution in [0.2, 0.25) is 0 Å². The molecule has 2 heterocycles. The van der Waals surface area contributed by atoms with Crippen molar-refractivity contribution < 1.29 is 13.2 Å². The number of imidazole rings is 1. The molecule has 9 heteroatoms. The molecule has 6 nitrogen and oxygen atoms in total. The molecule has 2 aromatic heterocycles. The van der Waals surface area contributed by atoms with E-state index in [1.807, 2.05) is 0 Å². The van der Waals surface area contributed by atoms with Crippen molar-refractivity contribution in [2.75, 3.05) is 5.73 Å². The van der Waals surface area contributed by atoms with Gasteiger partial charge in [0.2, 0.25) is 5.95 Å². The van der Waals surface area contributed by atoms with Gasteiger partial charge < -0.3 is 5.73 Å². The number of benzene rings is 1. The van der Waals surface area contributed by atoms with E-state index in [9.17, 15) is 18.0 Å². The number of nitrogens with zero attached hydrogens (tertiary/aromatic N) is 3. The smallest absolute Gasteiger partial charge is 0.369 e. The van der Waals surface area contributed by atoms with E-state index in [2.05, 4.69) is 15.0 Å². The molecular formula is C12H8F3N5O. The van der Waals surface area contributed by atoms with E-state index in [0.29, 0.717) is 5.69 Å². The van der Waals surface area contributed by atoms with Gasteiger partial charge in [-0.15, -0.1) is 0 Å². The van der Waals surface area contributed by atoms with Crippen LogP contribution in [0.1, 0.15) is 5.56 Å². The first-order valence-electron chi connectivity index (χ1n) is 5.77. The van der Waals surface area contributed by atoms with Gasteiger partial charge in [-0.25, -0.2) is 4.98 Å². The Hall–Kier alpha value is -2.84. The van der Waals surface area contributed by atoms with Gasteiger partial charge in [0.05, 0.1) is 5.56 Å². The number of anilines is 1. The summed E-state index contributed by atoms with van der Waals surface area (Å²) in [5.41, 5.74) is 4.81. The zero-order valence-electron chi connectivity index (χ0n) is 10.3. The topological polar surface area (TPSA) is 89.6 Å². The fourth-order valence-corrected chi connectivity index (χ4v) is 1.93. The molecule has 3 rings (SSSR count). The third-order valence-corrected chi connectivity index (χ3v) is 2.90. The highest BCUT2D eigenvalue weighted by Crippen LogP contribution is 2.29. The maximum Gasteiger partial charge on any atom is 0.416 e. The van der Waals surface area contributed by atoms with Crippen molar-refractivity contribution in [2.24, 2.45) is 0 Å². The Kier molecular flexibility index (Phi) is 2.71. The third kappa shape index (κ3) is 2.22. The van der Waals surface area contributed by atoms with Gasteiger partial charge in [-0.05, 0) is 24.3 Å². The van der Waals surface area contributed by atoms with Gasteiger partial charge in [0.25, 0.3) is 5.56 Å². The van der Waals surface area contributed by atoms with Crippen LogP contribution in [0.4, 0.5) is 19.1 Å². The number of hydrogen-bond acceptors (Lipinski definition) is 4. The van der Waals surface area contributed by atoms with Gasteiger partial charge in [0.1, 0.15) is 6.33 Å². The molecule has 0 unspecified atom stereocenters. The van der Waals surface area contributed by atoms with Crippen molar-refractivity contribution in [2.45, 2.75) is 6.18 Å². The largest absolute Gasteiger partial charge is 0.416 e. The number of alkyl halides is 3. The van der Waals surface area contributed by atoms with Crippen molar-refractivity contribution >= 4 is 17.1 Å². The van der Waals surface area contributed by atoms with Crippen LogP contribution in [-0.4, -0.2) is 19.5 Å². The second kappa shape index (κ2) is 4.33. The molecule has 108 valence electrons. The van der Waals surface area contributed by atoms with Crippen molar-refractivity contribution in [3.05, 3.63) is 46.5 Å². The lowest BCUT2D eigenvalue weighted by atomic mass is 10.2. The number of nitrogens with one attached hydrogen (secondary N) is 1. The number of aromatic amines is 1. The van der Waals surface area contributed by atoms with Crippen LogP contribution in [0.5, 0.6) is 0 Å². The molecular weight excluding hydrogens is 287 g/mol. The predicted octanol–water partition coefficient (Wildman–Crippen LogP) is 1.71. The van der Waals surface area contributed by atoms with Crippen LogP contribution < -0.4 is 11.3 Å². The molecule has 0 fully saturated rings. The van der Waals surface area contributed by atoms with Crippen LogP contribution >= 0.6 is 0 Å². The summed E-state index contributed by atoms with van der Waals surface area (Å²) in [5.74, 6) is -0.0961. The fourth-order valence-electron chi connectivity index (χ4n) is 1.93. The number of H-pyrrole nitrogens is 1. The van der Waals surface area contributed by atoms with Crippen LogP contribution in [-0.2, 0) is 6.18 Å². The quantitative estimate of drug-likeness (QED) is 0.715.